The third-order valence-corrected chi connectivity index (χ3v) is 4.54. The van der Waals surface area contributed by atoms with Crippen molar-refractivity contribution in [2.45, 2.75) is 57.7 Å². The van der Waals surface area contributed by atoms with Gasteiger partial charge in [0.05, 0.1) is 0 Å². The average Bonchev–Trinajstić information content (AvgIpc) is 2.99. The van der Waals surface area contributed by atoms with Crippen molar-refractivity contribution in [3.05, 3.63) is 0 Å². The van der Waals surface area contributed by atoms with Crippen LogP contribution in [0.1, 0.15) is 39.5 Å². The highest BCUT2D eigenvalue weighted by molar-refractivity contribution is 5.81. The molecule has 2 saturated heterocycles. The van der Waals surface area contributed by atoms with Crippen LogP contribution in [0.4, 0.5) is 0 Å². The molecule has 104 valence electrons. The molecule has 0 unspecified atom stereocenters. The van der Waals surface area contributed by atoms with E-state index in [1.807, 2.05) is 11.8 Å². The van der Waals surface area contributed by atoms with Gasteiger partial charge in [-0.15, -0.1) is 0 Å². The number of amides is 1. The van der Waals surface area contributed by atoms with Crippen molar-refractivity contribution >= 4 is 5.91 Å². The lowest BCUT2D eigenvalue weighted by atomic mass is 10.1. The van der Waals surface area contributed by atoms with Crippen LogP contribution in [0.3, 0.4) is 0 Å². The van der Waals surface area contributed by atoms with Crippen LogP contribution in [-0.2, 0) is 9.53 Å². The van der Waals surface area contributed by atoms with Crippen molar-refractivity contribution in [3.63, 3.8) is 0 Å². The highest BCUT2D eigenvalue weighted by Crippen LogP contribution is 2.27. The third-order valence-electron chi connectivity index (χ3n) is 4.54. The Balaban J connectivity index is 1.97. The molecule has 0 N–H and O–H groups in total. The van der Waals surface area contributed by atoms with Gasteiger partial charge in [-0.05, 0) is 45.7 Å². The van der Waals surface area contributed by atoms with E-state index in [9.17, 15) is 4.79 Å². The standard InChI is InChI=1S/C14H26N2O2/c1-4-13(18-3)14(17)16-10-7-12(11(16)2)15-8-5-6-9-15/h11-13H,4-10H2,1-3H3/t11-,12-,13+/m1/s1. The summed E-state index contributed by atoms with van der Waals surface area (Å²) in [5, 5.41) is 0. The molecule has 0 aromatic heterocycles. The smallest absolute Gasteiger partial charge is 0.251 e. The monoisotopic (exact) mass is 254 g/mol. The Morgan fingerprint density at radius 2 is 2.00 bits per heavy atom. The maximum absolute atomic E-state index is 12.4. The van der Waals surface area contributed by atoms with Crippen LogP contribution in [0.2, 0.25) is 0 Å². The molecule has 0 aromatic rings. The SMILES string of the molecule is CC[C@H](OC)C(=O)N1CC[C@@H](N2CCCC2)[C@H]1C. The first-order valence-electron chi connectivity index (χ1n) is 7.26. The Bertz CT molecular complexity index is 286. The second-order valence-electron chi connectivity index (χ2n) is 5.50. The van der Waals surface area contributed by atoms with E-state index in [1.54, 1.807) is 7.11 Å². The number of likely N-dealkylation sites (tertiary alicyclic amines) is 2. The summed E-state index contributed by atoms with van der Waals surface area (Å²) in [6, 6.07) is 0.894. The summed E-state index contributed by atoms with van der Waals surface area (Å²) in [5.41, 5.74) is 0. The van der Waals surface area contributed by atoms with Crippen LogP contribution in [0, 0.1) is 0 Å². The molecule has 2 aliphatic rings. The summed E-state index contributed by atoms with van der Waals surface area (Å²) in [6.45, 7) is 7.50. The Labute approximate surface area is 110 Å². The minimum atomic E-state index is -0.259. The molecule has 0 saturated carbocycles. The summed E-state index contributed by atoms with van der Waals surface area (Å²) in [6.07, 6.45) is 4.24. The zero-order valence-corrected chi connectivity index (χ0v) is 11.9. The van der Waals surface area contributed by atoms with Crippen LogP contribution >= 0.6 is 0 Å². The average molecular weight is 254 g/mol. The van der Waals surface area contributed by atoms with E-state index in [2.05, 4.69) is 11.8 Å². The van der Waals surface area contributed by atoms with Crippen LogP contribution in [0.25, 0.3) is 0 Å². The lowest BCUT2D eigenvalue weighted by molar-refractivity contribution is -0.143. The second-order valence-corrected chi connectivity index (χ2v) is 5.50. The quantitative estimate of drug-likeness (QED) is 0.762. The molecule has 0 spiro atoms. The number of methoxy groups -OCH3 is 1. The topological polar surface area (TPSA) is 32.8 Å². The molecule has 0 radical (unpaired) electrons. The molecule has 18 heavy (non-hydrogen) atoms. The zero-order valence-electron chi connectivity index (χ0n) is 11.9. The first-order chi connectivity index (χ1) is 8.69. The molecule has 3 atom stereocenters. The normalized spacial score (nSPS) is 30.9. The fraction of sp³-hybridized carbons (Fsp3) is 0.929. The fourth-order valence-corrected chi connectivity index (χ4v) is 3.42. The number of carbonyl (C=O) groups is 1. The lowest BCUT2D eigenvalue weighted by Gasteiger charge is -2.31. The summed E-state index contributed by atoms with van der Waals surface area (Å²) >= 11 is 0. The number of carbonyl (C=O) groups excluding carboxylic acids is 1. The van der Waals surface area contributed by atoms with Crippen LogP contribution in [0.5, 0.6) is 0 Å². The first kappa shape index (κ1) is 13.8. The Kier molecular flexibility index (Phi) is 4.62. The van der Waals surface area contributed by atoms with E-state index < -0.39 is 0 Å². The van der Waals surface area contributed by atoms with Gasteiger partial charge in [0.1, 0.15) is 6.10 Å². The van der Waals surface area contributed by atoms with Crippen LogP contribution in [-0.4, -0.2) is 60.6 Å². The molecule has 0 bridgehead atoms. The molecule has 1 amide bonds. The summed E-state index contributed by atoms with van der Waals surface area (Å²) in [4.78, 5) is 17.0. The van der Waals surface area contributed by atoms with E-state index in [-0.39, 0.29) is 12.0 Å². The second kappa shape index (κ2) is 6.02. The Hall–Kier alpha value is -0.610. The van der Waals surface area contributed by atoms with Gasteiger partial charge >= 0.3 is 0 Å². The van der Waals surface area contributed by atoms with Gasteiger partial charge in [0.2, 0.25) is 0 Å². The third kappa shape index (κ3) is 2.54. The van der Waals surface area contributed by atoms with Gasteiger partial charge in [0.25, 0.3) is 5.91 Å². The molecule has 4 nitrogen and oxygen atoms in total. The minimum Gasteiger partial charge on any atom is -0.372 e. The molecule has 2 rings (SSSR count). The number of rotatable bonds is 4. The fourth-order valence-electron chi connectivity index (χ4n) is 3.42. The summed E-state index contributed by atoms with van der Waals surface area (Å²) in [7, 11) is 1.63. The van der Waals surface area contributed by atoms with Gasteiger partial charge in [-0.1, -0.05) is 6.92 Å². The molecule has 2 fully saturated rings. The van der Waals surface area contributed by atoms with E-state index in [1.165, 1.54) is 25.9 Å². The number of hydrogen-bond donors (Lipinski definition) is 0. The predicted molar refractivity (Wildman–Crippen MR) is 71.5 cm³/mol. The van der Waals surface area contributed by atoms with Crippen molar-refractivity contribution < 1.29 is 9.53 Å². The molecule has 0 aliphatic carbocycles. The van der Waals surface area contributed by atoms with Gasteiger partial charge in [-0.25, -0.2) is 0 Å². The van der Waals surface area contributed by atoms with Crippen molar-refractivity contribution in [3.8, 4) is 0 Å². The van der Waals surface area contributed by atoms with Gasteiger partial charge in [0, 0.05) is 25.7 Å². The van der Waals surface area contributed by atoms with Gasteiger partial charge < -0.3 is 9.64 Å². The van der Waals surface area contributed by atoms with Gasteiger partial charge in [0.15, 0.2) is 0 Å². The lowest BCUT2D eigenvalue weighted by Crippen LogP contribution is -2.47. The zero-order chi connectivity index (χ0) is 13.1. The van der Waals surface area contributed by atoms with Crippen molar-refractivity contribution in [2.24, 2.45) is 0 Å². The number of ether oxygens (including phenoxy) is 1. The van der Waals surface area contributed by atoms with Crippen molar-refractivity contribution in [1.29, 1.82) is 0 Å². The Morgan fingerprint density at radius 1 is 1.33 bits per heavy atom. The molecule has 2 aliphatic heterocycles. The van der Waals surface area contributed by atoms with Crippen LogP contribution < -0.4 is 0 Å². The highest BCUT2D eigenvalue weighted by Gasteiger charge is 2.39. The summed E-state index contributed by atoms with van der Waals surface area (Å²) in [5.74, 6) is 0.175. The molecule has 4 heteroatoms. The van der Waals surface area contributed by atoms with E-state index in [0.29, 0.717) is 12.1 Å². The first-order valence-corrected chi connectivity index (χ1v) is 7.26. The highest BCUT2D eigenvalue weighted by atomic mass is 16.5. The molecular weight excluding hydrogens is 228 g/mol. The van der Waals surface area contributed by atoms with Crippen LogP contribution in [0.15, 0.2) is 0 Å². The van der Waals surface area contributed by atoms with Crippen molar-refractivity contribution in [2.75, 3.05) is 26.7 Å². The maximum atomic E-state index is 12.4. The van der Waals surface area contributed by atoms with Gasteiger partial charge in [-0.2, -0.15) is 0 Å². The van der Waals surface area contributed by atoms with E-state index in [4.69, 9.17) is 4.74 Å². The number of hydrogen-bond acceptors (Lipinski definition) is 3. The Morgan fingerprint density at radius 3 is 2.56 bits per heavy atom. The van der Waals surface area contributed by atoms with E-state index in [0.717, 1.165) is 19.4 Å². The number of nitrogens with zero attached hydrogens (tertiary/aromatic N) is 2. The van der Waals surface area contributed by atoms with Crippen molar-refractivity contribution in [1.82, 2.24) is 9.80 Å². The molecule has 2 heterocycles. The molecule has 0 aromatic carbocycles. The summed E-state index contributed by atoms with van der Waals surface area (Å²) < 4.78 is 5.28. The minimum absolute atomic E-state index is 0.175. The predicted octanol–water partition coefficient (Wildman–Crippen LogP) is 1.50. The van der Waals surface area contributed by atoms with Gasteiger partial charge in [-0.3, -0.25) is 9.69 Å². The molecular formula is C14H26N2O2. The largest absolute Gasteiger partial charge is 0.372 e. The maximum Gasteiger partial charge on any atom is 0.251 e. The van der Waals surface area contributed by atoms with E-state index >= 15 is 0 Å².